The number of anilines is 2. The zero-order chi connectivity index (χ0) is 37.6. The fourth-order valence-electron chi connectivity index (χ4n) is 8.87. The SMILES string of the molecule is CCN(c1nc(OCC23CCCN2CC(F)C3)nc2c(F)c(-c3ccc(F)c4sc(N)c(C#N)c34)c(C(F)(F)F)cc12)C1CCN(C(=O)C2CC2)C1C. The Morgan fingerprint density at radius 2 is 1.98 bits per heavy atom. The van der Waals surface area contributed by atoms with Gasteiger partial charge in [0.15, 0.2) is 5.82 Å². The van der Waals surface area contributed by atoms with Crippen LogP contribution in [0.1, 0.15) is 63.5 Å². The molecular formula is C37H37F6N7O2S. The molecule has 4 aliphatic rings. The number of ether oxygens (including phenoxy) is 1. The van der Waals surface area contributed by atoms with E-state index in [9.17, 15) is 14.4 Å². The van der Waals surface area contributed by atoms with Gasteiger partial charge in [0.25, 0.3) is 0 Å². The Labute approximate surface area is 305 Å². The van der Waals surface area contributed by atoms with Gasteiger partial charge in [-0.05, 0) is 70.2 Å². The molecule has 16 heteroatoms. The molecule has 8 rings (SSSR count). The van der Waals surface area contributed by atoms with Gasteiger partial charge in [-0.1, -0.05) is 6.07 Å². The largest absolute Gasteiger partial charge is 0.461 e. The molecule has 2 N–H and O–H groups in total. The highest BCUT2D eigenvalue weighted by atomic mass is 32.1. The number of likely N-dealkylation sites (N-methyl/N-ethyl adjacent to an activating group) is 1. The van der Waals surface area contributed by atoms with Crippen molar-refractivity contribution < 1.29 is 35.9 Å². The molecule has 9 nitrogen and oxygen atoms in total. The molecule has 1 amide bonds. The fraction of sp³-hybridized carbons (Fsp3) is 0.514. The van der Waals surface area contributed by atoms with Gasteiger partial charge in [0.05, 0.1) is 27.4 Å². The number of hydrogen-bond donors (Lipinski definition) is 1. The minimum atomic E-state index is -5.12. The number of likely N-dealkylation sites (tertiary alicyclic amines) is 1. The Morgan fingerprint density at radius 1 is 1.21 bits per heavy atom. The summed E-state index contributed by atoms with van der Waals surface area (Å²) < 4.78 is 98.4. The molecule has 1 saturated carbocycles. The first-order valence-corrected chi connectivity index (χ1v) is 18.7. The number of nitriles is 1. The van der Waals surface area contributed by atoms with Crippen molar-refractivity contribution in [2.45, 2.75) is 82.3 Å². The van der Waals surface area contributed by atoms with Crippen LogP contribution in [0.25, 0.3) is 32.1 Å². The molecule has 53 heavy (non-hydrogen) atoms. The molecule has 2 aromatic carbocycles. The third-order valence-electron chi connectivity index (χ3n) is 11.6. The summed E-state index contributed by atoms with van der Waals surface area (Å²) in [5, 5.41) is 9.30. The van der Waals surface area contributed by atoms with Crippen LogP contribution in [0, 0.1) is 28.9 Å². The van der Waals surface area contributed by atoms with Crippen molar-refractivity contribution in [1.29, 1.82) is 5.26 Å². The van der Waals surface area contributed by atoms with Crippen molar-refractivity contribution in [3.8, 4) is 23.2 Å². The number of aromatic nitrogens is 2. The van der Waals surface area contributed by atoms with Gasteiger partial charge >= 0.3 is 12.2 Å². The number of thiophene rings is 1. The zero-order valence-electron chi connectivity index (χ0n) is 29.1. The van der Waals surface area contributed by atoms with Gasteiger partial charge in [0.1, 0.15) is 41.0 Å². The molecule has 3 saturated heterocycles. The van der Waals surface area contributed by atoms with Gasteiger partial charge in [0.2, 0.25) is 5.91 Å². The highest BCUT2D eigenvalue weighted by Crippen LogP contribution is 2.49. The van der Waals surface area contributed by atoms with E-state index in [1.807, 2.05) is 17.9 Å². The van der Waals surface area contributed by atoms with Gasteiger partial charge in [0, 0.05) is 54.4 Å². The van der Waals surface area contributed by atoms with Crippen LogP contribution < -0.4 is 15.4 Å². The first-order valence-electron chi connectivity index (χ1n) is 17.9. The van der Waals surface area contributed by atoms with E-state index in [-0.39, 0.29) is 93.5 Å². The van der Waals surface area contributed by atoms with E-state index in [1.54, 1.807) is 16.7 Å². The van der Waals surface area contributed by atoms with Crippen LogP contribution in [0.5, 0.6) is 6.01 Å². The number of nitrogen functional groups attached to an aromatic ring is 1. The molecule has 5 heterocycles. The lowest BCUT2D eigenvalue weighted by Gasteiger charge is -2.35. The highest BCUT2D eigenvalue weighted by Gasteiger charge is 2.50. The number of carbonyl (C=O) groups excluding carboxylic acids is 1. The van der Waals surface area contributed by atoms with E-state index < -0.39 is 46.2 Å². The second-order valence-corrected chi connectivity index (χ2v) is 15.7. The maximum atomic E-state index is 17.3. The number of carbonyl (C=O) groups is 1. The van der Waals surface area contributed by atoms with E-state index in [0.717, 1.165) is 37.5 Å². The Hall–Kier alpha value is -4.36. The standard InChI is InChI=1S/C37H37F6N7O2S/c1-3-49(26-9-12-50(18(26)2)34(51)19-5-6-19)33-22-13-24(37(41,42)43)28(21-7-8-25(39)31-27(21)23(15-44)32(45)53-31)29(40)30(22)46-35(47-33)52-17-36-10-4-11-48(36)16-20(38)14-36/h7-8,13,18-20,26H,3-6,9-12,14,16-17,45H2,1-2H3. The number of amides is 1. The van der Waals surface area contributed by atoms with Crippen molar-refractivity contribution in [3.05, 3.63) is 41.0 Å². The van der Waals surface area contributed by atoms with Crippen molar-refractivity contribution in [1.82, 2.24) is 19.8 Å². The average molecular weight is 758 g/mol. The molecule has 3 aliphatic heterocycles. The molecule has 4 fully saturated rings. The van der Waals surface area contributed by atoms with Crippen LogP contribution in [0.15, 0.2) is 18.2 Å². The zero-order valence-corrected chi connectivity index (χ0v) is 29.9. The van der Waals surface area contributed by atoms with E-state index in [4.69, 9.17) is 10.5 Å². The van der Waals surface area contributed by atoms with Crippen LogP contribution >= 0.6 is 11.3 Å². The summed E-state index contributed by atoms with van der Waals surface area (Å²) in [6, 6.07) is 3.56. The van der Waals surface area contributed by atoms with Gasteiger partial charge in [-0.2, -0.15) is 28.4 Å². The molecule has 4 unspecified atom stereocenters. The average Bonchev–Trinajstić information content (AvgIpc) is 3.52. The smallest absolute Gasteiger partial charge is 0.417 e. The van der Waals surface area contributed by atoms with Crippen LogP contribution in [-0.4, -0.2) is 82.3 Å². The van der Waals surface area contributed by atoms with E-state index in [2.05, 4.69) is 9.97 Å². The van der Waals surface area contributed by atoms with Crippen molar-refractivity contribution in [2.75, 3.05) is 43.4 Å². The maximum absolute atomic E-state index is 17.3. The van der Waals surface area contributed by atoms with Crippen molar-refractivity contribution in [3.63, 3.8) is 0 Å². The van der Waals surface area contributed by atoms with Crippen LogP contribution in [0.2, 0.25) is 0 Å². The normalized spacial score (nSPS) is 24.7. The minimum Gasteiger partial charge on any atom is -0.461 e. The summed E-state index contributed by atoms with van der Waals surface area (Å²) in [4.78, 5) is 27.8. The fourth-order valence-corrected chi connectivity index (χ4v) is 9.82. The summed E-state index contributed by atoms with van der Waals surface area (Å²) in [6.45, 7) is 5.32. The molecule has 0 bridgehead atoms. The summed E-state index contributed by atoms with van der Waals surface area (Å²) in [7, 11) is 0. The number of nitrogens with zero attached hydrogens (tertiary/aromatic N) is 6. The summed E-state index contributed by atoms with van der Waals surface area (Å²) in [5.41, 5.74) is 1.97. The predicted octanol–water partition coefficient (Wildman–Crippen LogP) is 7.44. The lowest BCUT2D eigenvalue weighted by Crippen LogP contribution is -2.46. The van der Waals surface area contributed by atoms with Gasteiger partial charge in [-0.3, -0.25) is 9.69 Å². The Kier molecular flexibility index (Phi) is 8.68. The first kappa shape index (κ1) is 35.7. The highest BCUT2D eigenvalue weighted by molar-refractivity contribution is 7.23. The van der Waals surface area contributed by atoms with Crippen LogP contribution in [-0.2, 0) is 11.0 Å². The summed E-state index contributed by atoms with van der Waals surface area (Å²) >= 11 is 0.687. The second-order valence-electron chi connectivity index (χ2n) is 14.6. The topological polar surface area (TPSA) is 112 Å². The molecule has 2 aromatic heterocycles. The predicted molar refractivity (Wildman–Crippen MR) is 188 cm³/mol. The first-order chi connectivity index (χ1) is 25.3. The summed E-state index contributed by atoms with van der Waals surface area (Å²) in [6.07, 6.45) is -2.29. The van der Waals surface area contributed by atoms with E-state index in [1.165, 1.54) is 0 Å². The van der Waals surface area contributed by atoms with Crippen molar-refractivity contribution >= 4 is 49.1 Å². The summed E-state index contributed by atoms with van der Waals surface area (Å²) in [5.74, 6) is -2.17. The third kappa shape index (κ3) is 5.81. The Balaban J connectivity index is 1.33. The molecule has 280 valence electrons. The number of halogens is 6. The number of fused-ring (bicyclic) bond motifs is 3. The van der Waals surface area contributed by atoms with E-state index >= 15 is 22.0 Å². The molecular weight excluding hydrogens is 721 g/mol. The second kappa shape index (κ2) is 12.9. The minimum absolute atomic E-state index is 0.00154. The molecule has 4 aromatic rings. The molecule has 4 atom stereocenters. The molecule has 0 radical (unpaired) electrons. The Bertz CT molecular complexity index is 2190. The number of benzene rings is 2. The number of alkyl halides is 4. The maximum Gasteiger partial charge on any atom is 0.417 e. The lowest BCUT2D eigenvalue weighted by molar-refractivity contribution is -0.137. The Morgan fingerprint density at radius 3 is 2.68 bits per heavy atom. The van der Waals surface area contributed by atoms with Crippen molar-refractivity contribution in [2.24, 2.45) is 5.92 Å². The quantitative estimate of drug-likeness (QED) is 0.185. The van der Waals surface area contributed by atoms with Crippen LogP contribution in [0.3, 0.4) is 0 Å². The number of hydrogen-bond acceptors (Lipinski definition) is 9. The number of nitrogens with two attached hydrogens (primary N) is 1. The van der Waals surface area contributed by atoms with Gasteiger partial charge in [-0.25, -0.2) is 13.2 Å². The third-order valence-corrected chi connectivity index (χ3v) is 12.6. The van der Waals surface area contributed by atoms with Gasteiger partial charge in [-0.15, -0.1) is 11.3 Å². The van der Waals surface area contributed by atoms with E-state index in [0.29, 0.717) is 37.3 Å². The lowest BCUT2D eigenvalue weighted by atomic mass is 9.92. The van der Waals surface area contributed by atoms with Gasteiger partial charge < -0.3 is 20.3 Å². The molecule has 0 spiro atoms. The number of rotatable bonds is 8. The monoisotopic (exact) mass is 757 g/mol. The molecule has 1 aliphatic carbocycles. The van der Waals surface area contributed by atoms with Crippen LogP contribution in [0.4, 0.5) is 37.2 Å².